The molecule has 0 spiro atoms. The summed E-state index contributed by atoms with van der Waals surface area (Å²) in [6.07, 6.45) is 5.09. The van der Waals surface area contributed by atoms with Gasteiger partial charge in [0.05, 0.1) is 0 Å². The molecule has 19 heavy (non-hydrogen) atoms. The second-order valence-electron chi connectivity index (χ2n) is 4.48. The number of hydrogen-bond donors (Lipinski definition) is 2. The van der Waals surface area contributed by atoms with Gasteiger partial charge in [-0.25, -0.2) is 0 Å². The van der Waals surface area contributed by atoms with Crippen molar-refractivity contribution in [2.75, 3.05) is 14.1 Å². The number of nitrogens with one attached hydrogen (secondary N) is 1. The Bertz CT molecular complexity index is 295. The second kappa shape index (κ2) is 11.5. The molecule has 0 bridgehead atoms. The van der Waals surface area contributed by atoms with Gasteiger partial charge in [-0.05, 0) is 20.5 Å². The Morgan fingerprint density at radius 2 is 1.37 bits per heavy atom. The highest BCUT2D eigenvalue weighted by Gasteiger charge is 2.42. The Labute approximate surface area is 115 Å². The van der Waals surface area contributed by atoms with E-state index in [-0.39, 0.29) is 6.42 Å². The zero-order valence-corrected chi connectivity index (χ0v) is 12.9. The molecule has 0 saturated heterocycles. The van der Waals surface area contributed by atoms with E-state index in [1.807, 2.05) is 14.1 Å². The van der Waals surface area contributed by atoms with E-state index in [2.05, 4.69) is 12.2 Å². The maximum absolute atomic E-state index is 12.7. The van der Waals surface area contributed by atoms with E-state index in [4.69, 9.17) is 4.55 Å². The predicted molar refractivity (Wildman–Crippen MR) is 74.1 cm³/mol. The van der Waals surface area contributed by atoms with Crippen LogP contribution >= 0.6 is 0 Å². The van der Waals surface area contributed by atoms with Gasteiger partial charge >= 0.3 is 15.4 Å². The molecule has 0 aliphatic rings. The van der Waals surface area contributed by atoms with Crippen molar-refractivity contribution in [3.05, 3.63) is 0 Å². The Kier molecular flexibility index (Phi) is 12.8. The van der Waals surface area contributed by atoms with Gasteiger partial charge in [0.2, 0.25) is 0 Å². The lowest BCUT2D eigenvalue weighted by molar-refractivity contribution is 0.0683. The van der Waals surface area contributed by atoms with Crippen LogP contribution in [-0.4, -0.2) is 32.3 Å². The van der Waals surface area contributed by atoms with Crippen molar-refractivity contribution >= 4 is 10.1 Å². The summed E-state index contributed by atoms with van der Waals surface area (Å²) in [5.74, 6) is 0. The van der Waals surface area contributed by atoms with Crippen LogP contribution in [0.1, 0.15) is 58.3 Å². The summed E-state index contributed by atoms with van der Waals surface area (Å²) in [4.78, 5) is 0. The first kappa shape index (κ1) is 21.0. The van der Waals surface area contributed by atoms with Gasteiger partial charge in [0.15, 0.2) is 0 Å². The van der Waals surface area contributed by atoms with Crippen LogP contribution in [0.15, 0.2) is 0 Å². The van der Waals surface area contributed by atoms with Gasteiger partial charge in [0.1, 0.15) is 0 Å². The van der Waals surface area contributed by atoms with Gasteiger partial charge < -0.3 is 5.32 Å². The van der Waals surface area contributed by atoms with Crippen molar-refractivity contribution in [3.8, 4) is 0 Å². The third kappa shape index (κ3) is 12.5. The monoisotopic (exact) mass is 303 g/mol. The third-order valence-electron chi connectivity index (χ3n) is 2.45. The van der Waals surface area contributed by atoms with Gasteiger partial charge in [-0.15, -0.1) is 0 Å². The summed E-state index contributed by atoms with van der Waals surface area (Å²) in [5.41, 5.74) is 0. The summed E-state index contributed by atoms with van der Waals surface area (Å²) in [5, 5.41) is -1.24. The maximum atomic E-state index is 12.7. The fourth-order valence-corrected chi connectivity index (χ4v) is 1.82. The summed E-state index contributed by atoms with van der Waals surface area (Å²) in [6, 6.07) is 0. The van der Waals surface area contributed by atoms with E-state index >= 15 is 0 Å². The van der Waals surface area contributed by atoms with E-state index in [0.29, 0.717) is 6.42 Å². The number of unbranched alkanes of at least 4 members (excludes halogenated alkanes) is 6. The molecular weight excluding hydrogens is 276 g/mol. The highest BCUT2D eigenvalue weighted by molar-refractivity contribution is 7.86. The zero-order valence-electron chi connectivity index (χ0n) is 12.1. The minimum Gasteiger partial charge on any atom is -0.323 e. The molecule has 0 aromatic rings. The molecule has 7 heteroatoms. The molecule has 0 aromatic carbocycles. The summed E-state index contributed by atoms with van der Waals surface area (Å²) in [7, 11) is -1.49. The molecule has 0 amide bonds. The van der Waals surface area contributed by atoms with Crippen LogP contribution in [0.25, 0.3) is 0 Å². The predicted octanol–water partition coefficient (Wildman–Crippen LogP) is 3.44. The van der Waals surface area contributed by atoms with Crippen molar-refractivity contribution in [1.29, 1.82) is 0 Å². The smallest absolute Gasteiger partial charge is 0.323 e. The molecule has 0 radical (unpaired) electrons. The maximum Gasteiger partial charge on any atom is 0.370 e. The van der Waals surface area contributed by atoms with Crippen LogP contribution in [0.5, 0.6) is 0 Å². The Morgan fingerprint density at radius 3 is 1.74 bits per heavy atom. The van der Waals surface area contributed by atoms with E-state index < -0.39 is 21.8 Å². The van der Waals surface area contributed by atoms with Gasteiger partial charge in [-0.2, -0.15) is 17.2 Å². The first-order valence-electron chi connectivity index (χ1n) is 6.66. The van der Waals surface area contributed by atoms with Crippen molar-refractivity contribution < 1.29 is 21.8 Å². The molecule has 0 unspecified atom stereocenters. The Hall–Kier alpha value is -0.270. The summed E-state index contributed by atoms with van der Waals surface area (Å²) >= 11 is 0. The van der Waals surface area contributed by atoms with Crippen LogP contribution in [-0.2, 0) is 10.1 Å². The minimum atomic E-state index is -5.24. The van der Waals surface area contributed by atoms with Crippen molar-refractivity contribution in [2.45, 2.75) is 63.5 Å². The van der Waals surface area contributed by atoms with Crippen molar-refractivity contribution in [1.82, 2.24) is 5.32 Å². The van der Waals surface area contributed by atoms with E-state index in [0.717, 1.165) is 32.1 Å². The molecule has 0 saturated carbocycles. The van der Waals surface area contributed by atoms with E-state index in [1.165, 1.54) is 0 Å². The molecule has 0 aliphatic carbocycles. The number of rotatable bonds is 9. The Morgan fingerprint density at radius 1 is 1.00 bits per heavy atom. The van der Waals surface area contributed by atoms with Gasteiger partial charge in [-0.1, -0.05) is 45.4 Å². The zero-order chi connectivity index (χ0) is 15.4. The SMILES string of the molecule is CCCCCCCCCC(F)(F)S(=O)(=O)O.CNC. The highest BCUT2D eigenvalue weighted by atomic mass is 32.2. The third-order valence-corrected chi connectivity index (χ3v) is 3.41. The molecule has 0 atom stereocenters. The van der Waals surface area contributed by atoms with Crippen LogP contribution in [0.4, 0.5) is 8.78 Å². The van der Waals surface area contributed by atoms with E-state index in [1.54, 1.807) is 0 Å². The molecule has 4 nitrogen and oxygen atoms in total. The van der Waals surface area contributed by atoms with Crippen LogP contribution < -0.4 is 5.32 Å². The number of halogens is 2. The lowest BCUT2D eigenvalue weighted by atomic mass is 10.1. The molecule has 0 rings (SSSR count). The fraction of sp³-hybridized carbons (Fsp3) is 1.00. The van der Waals surface area contributed by atoms with Crippen molar-refractivity contribution in [3.63, 3.8) is 0 Å². The Balaban J connectivity index is 0. The quantitative estimate of drug-likeness (QED) is 0.506. The van der Waals surface area contributed by atoms with Gasteiger partial charge in [0, 0.05) is 6.42 Å². The van der Waals surface area contributed by atoms with Crippen molar-refractivity contribution in [2.24, 2.45) is 0 Å². The van der Waals surface area contributed by atoms with Gasteiger partial charge in [0.25, 0.3) is 0 Å². The average Bonchev–Trinajstić information content (AvgIpc) is 2.27. The number of hydrogen-bond acceptors (Lipinski definition) is 3. The molecule has 0 fully saturated rings. The molecule has 0 aliphatic heterocycles. The second-order valence-corrected chi connectivity index (χ2v) is 6.03. The summed E-state index contributed by atoms with van der Waals surface area (Å²) in [6.45, 7) is 2.09. The summed E-state index contributed by atoms with van der Waals surface area (Å²) < 4.78 is 54.2. The van der Waals surface area contributed by atoms with E-state index in [9.17, 15) is 17.2 Å². The first-order valence-corrected chi connectivity index (χ1v) is 8.10. The normalized spacial score (nSPS) is 11.9. The lowest BCUT2D eigenvalue weighted by Crippen LogP contribution is -2.27. The van der Waals surface area contributed by atoms with Crippen LogP contribution in [0, 0.1) is 0 Å². The van der Waals surface area contributed by atoms with Gasteiger partial charge in [-0.3, -0.25) is 4.55 Å². The molecule has 0 aromatic heterocycles. The van der Waals surface area contributed by atoms with Crippen LogP contribution in [0.2, 0.25) is 0 Å². The lowest BCUT2D eigenvalue weighted by Gasteiger charge is -2.12. The average molecular weight is 303 g/mol. The largest absolute Gasteiger partial charge is 0.370 e. The molecule has 2 N–H and O–H groups in total. The fourth-order valence-electron chi connectivity index (χ4n) is 1.42. The highest BCUT2D eigenvalue weighted by Crippen LogP contribution is 2.27. The molecule has 0 heterocycles. The standard InChI is InChI=1S/C10H20F2O3S.C2H7N/c1-2-3-4-5-6-7-8-9-10(11,12)16(13,14)15;1-3-2/h2-9H2,1H3,(H,13,14,15);3H,1-2H3. The first-order chi connectivity index (χ1) is 8.72. The molecular formula is C12H27F2NO3S. The van der Waals surface area contributed by atoms with Crippen LogP contribution in [0.3, 0.4) is 0 Å². The molecule has 118 valence electrons. The number of alkyl halides is 2. The topological polar surface area (TPSA) is 66.4 Å². The minimum absolute atomic E-state index is 0.124.